The third-order valence-electron chi connectivity index (χ3n) is 3.50. The molecule has 17 heavy (non-hydrogen) atoms. The molecule has 2 heterocycles. The van der Waals surface area contributed by atoms with Crippen LogP contribution in [-0.4, -0.2) is 12.7 Å². The van der Waals surface area contributed by atoms with Crippen molar-refractivity contribution in [3.05, 3.63) is 60.4 Å². The van der Waals surface area contributed by atoms with E-state index in [0.29, 0.717) is 6.61 Å². The third kappa shape index (κ3) is 1.79. The predicted molar refractivity (Wildman–Crippen MR) is 66.5 cm³/mol. The van der Waals surface area contributed by atoms with Crippen LogP contribution < -0.4 is 0 Å². The van der Waals surface area contributed by atoms with Crippen LogP contribution in [0.15, 0.2) is 54.8 Å². The molecule has 0 aliphatic carbocycles. The van der Waals surface area contributed by atoms with Crippen LogP contribution in [0, 0.1) is 0 Å². The molecule has 1 aromatic rings. The van der Waals surface area contributed by atoms with Gasteiger partial charge in [-0.2, -0.15) is 0 Å². The first-order valence-corrected chi connectivity index (χ1v) is 6.07. The fourth-order valence-electron chi connectivity index (χ4n) is 2.60. The first-order valence-electron chi connectivity index (χ1n) is 6.07. The van der Waals surface area contributed by atoms with Crippen LogP contribution in [0.3, 0.4) is 0 Å². The second-order valence-electron chi connectivity index (χ2n) is 4.47. The average Bonchev–Trinajstić information content (AvgIpc) is 2.95. The van der Waals surface area contributed by atoms with E-state index in [0.717, 1.165) is 12.8 Å². The topological polar surface area (TPSA) is 18.5 Å². The van der Waals surface area contributed by atoms with Crippen LogP contribution in [0.4, 0.5) is 0 Å². The minimum Gasteiger partial charge on any atom is -0.495 e. The normalized spacial score (nSPS) is 31.4. The molecule has 0 unspecified atom stereocenters. The lowest BCUT2D eigenvalue weighted by molar-refractivity contribution is -0.121. The molecule has 2 atom stereocenters. The summed E-state index contributed by atoms with van der Waals surface area (Å²) in [5.41, 5.74) is 0.887. The number of ether oxygens (including phenoxy) is 2. The summed E-state index contributed by atoms with van der Waals surface area (Å²) in [7, 11) is 0. The van der Waals surface area contributed by atoms with Gasteiger partial charge in [-0.05, 0) is 11.6 Å². The Balaban J connectivity index is 1.99. The molecular formula is C15H16O2. The smallest absolute Gasteiger partial charge is 0.135 e. The number of rotatable bonds is 2. The highest BCUT2D eigenvalue weighted by Crippen LogP contribution is 2.40. The van der Waals surface area contributed by atoms with E-state index in [1.165, 1.54) is 5.56 Å². The van der Waals surface area contributed by atoms with Gasteiger partial charge in [0.2, 0.25) is 0 Å². The minimum atomic E-state index is -0.320. The van der Waals surface area contributed by atoms with Gasteiger partial charge in [-0.3, -0.25) is 0 Å². The molecule has 2 aliphatic heterocycles. The summed E-state index contributed by atoms with van der Waals surface area (Å²) < 4.78 is 11.8. The average molecular weight is 228 g/mol. The highest BCUT2D eigenvalue weighted by Gasteiger charge is 2.43. The molecule has 0 spiro atoms. The van der Waals surface area contributed by atoms with Gasteiger partial charge in [0.1, 0.15) is 11.7 Å². The predicted octanol–water partition coefficient (Wildman–Crippen LogP) is 3.16. The zero-order valence-corrected chi connectivity index (χ0v) is 9.71. The van der Waals surface area contributed by atoms with Crippen LogP contribution in [0.5, 0.6) is 0 Å². The monoisotopic (exact) mass is 228 g/mol. The quantitative estimate of drug-likeness (QED) is 0.724. The molecule has 2 heteroatoms. The lowest BCUT2D eigenvalue weighted by atomic mass is 9.82. The molecule has 0 saturated carbocycles. The van der Waals surface area contributed by atoms with E-state index in [1.807, 2.05) is 6.07 Å². The van der Waals surface area contributed by atoms with Gasteiger partial charge < -0.3 is 9.47 Å². The summed E-state index contributed by atoms with van der Waals surface area (Å²) in [5.74, 6) is 0. The molecule has 0 aromatic heterocycles. The fraction of sp³-hybridized carbons (Fsp3) is 0.333. The molecular weight excluding hydrogens is 212 g/mol. The fourth-order valence-corrected chi connectivity index (χ4v) is 2.60. The van der Waals surface area contributed by atoms with Crippen molar-refractivity contribution in [2.75, 3.05) is 6.61 Å². The molecule has 0 radical (unpaired) electrons. The molecule has 0 bridgehead atoms. The van der Waals surface area contributed by atoms with Crippen LogP contribution in [0.2, 0.25) is 0 Å². The van der Waals surface area contributed by atoms with Gasteiger partial charge in [0.15, 0.2) is 0 Å². The van der Waals surface area contributed by atoms with Crippen molar-refractivity contribution in [2.24, 2.45) is 0 Å². The summed E-state index contributed by atoms with van der Waals surface area (Å²) in [6.07, 6.45) is 10.0. The van der Waals surface area contributed by atoms with Crippen molar-refractivity contribution in [1.82, 2.24) is 0 Å². The summed E-state index contributed by atoms with van der Waals surface area (Å²) in [4.78, 5) is 0. The lowest BCUT2D eigenvalue weighted by Gasteiger charge is -2.39. The van der Waals surface area contributed by atoms with E-state index < -0.39 is 0 Å². The highest BCUT2D eigenvalue weighted by molar-refractivity contribution is 5.27. The first kappa shape index (κ1) is 10.6. The highest BCUT2D eigenvalue weighted by atomic mass is 16.5. The van der Waals surface area contributed by atoms with Gasteiger partial charge in [0.05, 0.1) is 12.9 Å². The molecule has 3 rings (SSSR count). The van der Waals surface area contributed by atoms with Crippen molar-refractivity contribution in [2.45, 2.75) is 24.5 Å². The lowest BCUT2D eigenvalue weighted by Crippen LogP contribution is -2.43. The Bertz CT molecular complexity index is 427. The first-order chi connectivity index (χ1) is 8.42. The molecule has 0 saturated heterocycles. The van der Waals surface area contributed by atoms with E-state index in [9.17, 15) is 0 Å². The Kier molecular flexibility index (Phi) is 2.73. The maximum Gasteiger partial charge on any atom is 0.135 e. The zero-order valence-electron chi connectivity index (χ0n) is 9.71. The van der Waals surface area contributed by atoms with E-state index in [4.69, 9.17) is 9.47 Å². The molecule has 2 nitrogen and oxygen atoms in total. The molecule has 2 aliphatic rings. The minimum absolute atomic E-state index is 0.0925. The second-order valence-corrected chi connectivity index (χ2v) is 4.47. The maximum absolute atomic E-state index is 6.08. The Morgan fingerprint density at radius 1 is 1.06 bits per heavy atom. The Labute approximate surface area is 102 Å². The van der Waals surface area contributed by atoms with Gasteiger partial charge in [0.25, 0.3) is 0 Å². The maximum atomic E-state index is 6.08. The SMILES string of the molecule is C1=CC[C@@](c2ccccc2)([C@@H]2CC=CO2)OC1. The number of hydrogen-bond acceptors (Lipinski definition) is 2. The molecule has 0 fully saturated rings. The van der Waals surface area contributed by atoms with E-state index in [-0.39, 0.29) is 11.7 Å². The zero-order chi connectivity index (χ0) is 11.6. The summed E-state index contributed by atoms with van der Waals surface area (Å²) in [6.45, 7) is 0.661. The molecule has 0 N–H and O–H groups in total. The Morgan fingerprint density at radius 2 is 1.94 bits per heavy atom. The standard InChI is InChI=1S/C15H16O2/c1-2-7-13(8-3-1)15(10-4-5-12-17-15)14-9-6-11-16-14/h1-8,11,14H,9-10,12H2/t14-,15+/m0/s1. The van der Waals surface area contributed by atoms with Crippen molar-refractivity contribution in [3.8, 4) is 0 Å². The number of hydrogen-bond donors (Lipinski definition) is 0. The van der Waals surface area contributed by atoms with Crippen molar-refractivity contribution >= 4 is 0 Å². The van der Waals surface area contributed by atoms with Crippen LogP contribution in [0.1, 0.15) is 18.4 Å². The third-order valence-corrected chi connectivity index (χ3v) is 3.50. The second kappa shape index (κ2) is 4.38. The van der Waals surface area contributed by atoms with E-state index in [1.54, 1.807) is 6.26 Å². The van der Waals surface area contributed by atoms with Crippen LogP contribution in [-0.2, 0) is 15.1 Å². The van der Waals surface area contributed by atoms with Crippen molar-refractivity contribution in [1.29, 1.82) is 0 Å². The van der Waals surface area contributed by atoms with E-state index in [2.05, 4.69) is 42.5 Å². The van der Waals surface area contributed by atoms with Gasteiger partial charge in [-0.25, -0.2) is 0 Å². The van der Waals surface area contributed by atoms with E-state index >= 15 is 0 Å². The summed E-state index contributed by atoms with van der Waals surface area (Å²) in [6, 6.07) is 10.4. The Hall–Kier alpha value is -1.54. The summed E-state index contributed by atoms with van der Waals surface area (Å²) >= 11 is 0. The largest absolute Gasteiger partial charge is 0.495 e. The number of benzene rings is 1. The van der Waals surface area contributed by atoms with Gasteiger partial charge in [-0.1, -0.05) is 42.5 Å². The van der Waals surface area contributed by atoms with Gasteiger partial charge in [-0.15, -0.1) is 0 Å². The van der Waals surface area contributed by atoms with Crippen LogP contribution in [0.25, 0.3) is 0 Å². The molecule has 88 valence electrons. The van der Waals surface area contributed by atoms with Crippen LogP contribution >= 0.6 is 0 Å². The van der Waals surface area contributed by atoms with Gasteiger partial charge >= 0.3 is 0 Å². The molecule has 1 aromatic carbocycles. The van der Waals surface area contributed by atoms with Crippen molar-refractivity contribution in [3.63, 3.8) is 0 Å². The Morgan fingerprint density at radius 3 is 2.59 bits per heavy atom. The van der Waals surface area contributed by atoms with Crippen molar-refractivity contribution < 1.29 is 9.47 Å². The molecule has 0 amide bonds. The summed E-state index contributed by atoms with van der Waals surface area (Å²) in [5, 5.41) is 0. The van der Waals surface area contributed by atoms with Gasteiger partial charge in [0, 0.05) is 12.8 Å².